The number of rotatable bonds is 34. The number of ether oxygens (including phenoxy) is 1. The first kappa shape index (κ1) is 105. The van der Waals surface area contributed by atoms with Gasteiger partial charge in [0.25, 0.3) is 23.6 Å². The molecule has 37 heteroatoms. The molecule has 4 aromatic heterocycles. The SMILES string of the molecule is COC(=O)Cc1nn(C2(CC#N)CCN(Cc3cc(O)c(-c4ccccc4)cc3F)CC2F)cc1C(N)=O.N#CCC1(n2cc(C(N)=O)c(CC(=O)C3CC3)n2)CCC(N2CC(F)(c3ccccc3)C2)CC1.N#CCC1(n2cc(C(N)=O)c(CC(=O)C3CC3)n2)CCN(Cc2cc(O)c(-c3ccccc3)cc2F)CC1F.N#CCC1(n2cc(C(N)=O)c(CC(=O)C3CC3)n2)CCN(Cc2ccc(-c3ccccc3)cc2O)CC1. The minimum atomic E-state index is -1.62. The van der Waals surface area contributed by atoms with Gasteiger partial charge >= 0.3 is 5.97 Å². The van der Waals surface area contributed by atoms with Crippen LogP contribution in [-0.2, 0) is 97.1 Å². The highest BCUT2D eigenvalue weighted by atomic mass is 19.2. The number of nitrogens with zero attached hydrogens (tertiary/aromatic N) is 16. The van der Waals surface area contributed by atoms with E-state index in [4.69, 9.17) is 22.9 Å². The lowest BCUT2D eigenvalue weighted by Gasteiger charge is -2.51. The maximum atomic E-state index is 16.0. The Kier molecular flexibility index (Phi) is 32.3. The Morgan fingerprint density at radius 3 is 1.12 bits per heavy atom. The Morgan fingerprint density at radius 2 is 0.757 bits per heavy atom. The van der Waals surface area contributed by atoms with Crippen LogP contribution < -0.4 is 22.9 Å². The second kappa shape index (κ2) is 45.3. The molecule has 768 valence electrons. The number of primary amides is 4. The minimum Gasteiger partial charge on any atom is -0.508 e. The fraction of sp³-hybridized carbons (Fsp3) is 0.405. The Balaban J connectivity index is 0.000000141. The third-order valence-electron chi connectivity index (χ3n) is 30.3. The first-order chi connectivity index (χ1) is 71.1. The molecule has 0 bridgehead atoms. The summed E-state index contributed by atoms with van der Waals surface area (Å²) in [6.07, 6.45) is 12.3. The molecule has 8 fully saturated rings. The van der Waals surface area contributed by atoms with Gasteiger partial charge in [0.15, 0.2) is 5.67 Å². The highest BCUT2D eigenvalue weighted by molar-refractivity contribution is 5.98. The standard InChI is InChI=1S/C29H29F2N5O3.C29H31N5O3.C27H27F2N5O4.C26H30FN5O2/c30-23-13-21(18-4-2-1-3-5-18)26(38)12-20(23)15-35-11-9-29(8-10-32,27(31)17-35)36-16-22(28(33)39)24(34-36)14-25(37)19-6-7-19;30-13-10-29(34-19-24(28(31)37)25(32-34)17-27(36)21-6-7-21)11-14-33(15-12-29)18-23-9-8-22(16-26(23)35)20-4-2-1-3-5-20;1-38-25(36)13-22-20(26(31)37)15-34(32-22)27(7-9-30)8-10-33(16-24(27)29)14-18-11-23(35)19(12-21(18)28)17-5-3-2-4-6-17;27-26(19-4-2-1-3-5-19)16-31(17-26)20-8-10-25(11-9-20,12-13-28)32-15-21(24(29)34)22(30-32)14-23(33)18-6-7-18/h1-5,12-13,16,19,27,38H,6-9,11,14-15,17H2,(H2,33,39);1-5,8-9,16,19,21,35H,6-7,10-12,14-15,17-18H2,(H2,31,37);2-6,11-12,15,24,35H,7-8,10,13-14,16H2,1H3,(H2,31,37);1-5,15,18,20H,6-12,14,16-17H2,(H2,29,34). The minimum absolute atomic E-state index is 0.0346. The zero-order valence-corrected chi connectivity index (χ0v) is 82.1. The van der Waals surface area contributed by atoms with Crippen molar-refractivity contribution >= 4 is 46.9 Å². The van der Waals surface area contributed by atoms with Crippen molar-refractivity contribution in [1.82, 2.24) is 58.7 Å². The van der Waals surface area contributed by atoms with Crippen molar-refractivity contribution in [1.29, 1.82) is 21.0 Å². The van der Waals surface area contributed by atoms with Gasteiger partial charge in [0.1, 0.15) is 69.7 Å². The molecule has 4 saturated heterocycles. The van der Waals surface area contributed by atoms with Crippen molar-refractivity contribution in [2.45, 2.75) is 207 Å². The smallest absolute Gasteiger partial charge is 0.311 e. The first-order valence-corrected chi connectivity index (χ1v) is 49.7. The number of carbonyl (C=O) groups excluding carboxylic acids is 8. The number of hydrogen-bond acceptors (Lipinski definition) is 24. The molecule has 8 aliphatic rings. The van der Waals surface area contributed by atoms with Gasteiger partial charge in [0.05, 0.1) is 139 Å². The topological polar surface area (TPSA) is 490 Å². The van der Waals surface area contributed by atoms with Crippen LogP contribution in [0, 0.1) is 74.7 Å². The second-order valence-corrected chi connectivity index (χ2v) is 40.2. The maximum absolute atomic E-state index is 16.0. The number of nitrogens with two attached hydrogens (primary N) is 4. The average Bonchev–Trinajstić information content (AvgIpc) is 1.33. The zero-order chi connectivity index (χ0) is 105. The number of phenols is 3. The van der Waals surface area contributed by atoms with Crippen molar-refractivity contribution in [2.24, 2.45) is 40.7 Å². The predicted octanol–water partition coefficient (Wildman–Crippen LogP) is 13.9. The first-order valence-electron chi connectivity index (χ1n) is 49.7. The predicted molar refractivity (Wildman–Crippen MR) is 534 cm³/mol. The molecule has 4 amide bonds. The largest absolute Gasteiger partial charge is 0.508 e. The number of piperidine rings is 3. The van der Waals surface area contributed by atoms with Crippen LogP contribution in [-0.4, -0.2) is 199 Å². The van der Waals surface area contributed by atoms with E-state index in [1.54, 1.807) is 86.2 Å². The summed E-state index contributed by atoms with van der Waals surface area (Å²) in [5.74, 6) is -4.17. The Morgan fingerprint density at radius 1 is 0.405 bits per heavy atom. The third-order valence-corrected chi connectivity index (χ3v) is 30.3. The lowest BCUT2D eigenvalue weighted by molar-refractivity contribution is -0.140. The van der Waals surface area contributed by atoms with Gasteiger partial charge in [-0.15, -0.1) is 0 Å². The fourth-order valence-electron chi connectivity index (χ4n) is 21.0. The van der Waals surface area contributed by atoms with Crippen molar-refractivity contribution in [2.75, 3.05) is 59.5 Å². The molecule has 11 N–H and O–H groups in total. The molecule has 32 nitrogen and oxygen atoms in total. The number of ketones is 3. The number of aromatic hydroxyl groups is 3. The molecule has 11 aromatic rings. The van der Waals surface area contributed by atoms with Gasteiger partial charge in [0, 0.05) is 148 Å². The molecule has 8 heterocycles. The number of Topliss-reactive ketones (excluding diaryl/α,β-unsaturated/α-hetero) is 3. The van der Waals surface area contributed by atoms with Gasteiger partial charge in [-0.05, 0) is 148 Å². The van der Waals surface area contributed by atoms with Crippen LogP contribution in [0.2, 0.25) is 0 Å². The molecular weight excluding hydrogens is 1900 g/mol. The van der Waals surface area contributed by atoms with Crippen molar-refractivity contribution in [3.63, 3.8) is 0 Å². The molecule has 0 radical (unpaired) electrons. The molecule has 4 aliphatic carbocycles. The van der Waals surface area contributed by atoms with Crippen LogP contribution in [0.15, 0.2) is 189 Å². The number of alkyl halides is 3. The van der Waals surface area contributed by atoms with Crippen LogP contribution in [0.1, 0.15) is 202 Å². The number of nitriles is 4. The van der Waals surface area contributed by atoms with Crippen molar-refractivity contribution in [3.05, 3.63) is 267 Å². The van der Waals surface area contributed by atoms with Gasteiger partial charge in [-0.3, -0.25) is 76.7 Å². The van der Waals surface area contributed by atoms with Gasteiger partial charge in [-0.25, -0.2) is 22.0 Å². The molecule has 19 rings (SSSR count). The van der Waals surface area contributed by atoms with E-state index in [1.807, 2.05) is 97.1 Å². The molecule has 4 aliphatic heterocycles. The number of amides is 4. The molecule has 7 aromatic carbocycles. The summed E-state index contributed by atoms with van der Waals surface area (Å²) in [6, 6.07) is 57.0. The Hall–Kier alpha value is -15.4. The number of aromatic nitrogens is 8. The highest BCUT2D eigenvalue weighted by Crippen LogP contribution is 2.48. The monoisotopic (exact) mass is 2020 g/mol. The maximum Gasteiger partial charge on any atom is 0.311 e. The van der Waals surface area contributed by atoms with Gasteiger partial charge in [-0.1, -0.05) is 133 Å². The van der Waals surface area contributed by atoms with E-state index in [-0.39, 0.29) is 200 Å². The summed E-state index contributed by atoms with van der Waals surface area (Å²) in [5, 5.41) is 88.0. The number of carbonyl (C=O) groups is 8. The Bertz CT molecular complexity index is 6940. The van der Waals surface area contributed by atoms with Gasteiger partial charge in [0.2, 0.25) is 0 Å². The average molecular weight is 2020 g/mol. The number of likely N-dealkylation sites (tertiary alicyclic amines) is 4. The van der Waals surface area contributed by atoms with E-state index in [0.29, 0.717) is 98.6 Å². The van der Waals surface area contributed by atoms with E-state index in [0.717, 1.165) is 73.6 Å². The molecule has 4 unspecified atom stereocenters. The third kappa shape index (κ3) is 23.6. The lowest BCUT2D eigenvalue weighted by atomic mass is 9.75. The summed E-state index contributed by atoms with van der Waals surface area (Å²) >= 11 is 0. The van der Waals surface area contributed by atoms with Crippen LogP contribution in [0.25, 0.3) is 33.4 Å². The van der Waals surface area contributed by atoms with Crippen molar-refractivity contribution in [3.8, 4) is 74.9 Å². The normalized spacial score (nSPS) is 21.1. The summed E-state index contributed by atoms with van der Waals surface area (Å²) < 4.78 is 87.7. The van der Waals surface area contributed by atoms with Crippen LogP contribution in [0.5, 0.6) is 17.2 Å². The van der Waals surface area contributed by atoms with Gasteiger partial charge in [-0.2, -0.15) is 41.4 Å². The van der Waals surface area contributed by atoms with Crippen LogP contribution in [0.4, 0.5) is 22.0 Å². The summed E-state index contributed by atoms with van der Waals surface area (Å²) in [6.45, 7) is 3.17. The second-order valence-electron chi connectivity index (χ2n) is 40.2. The molecule has 0 spiro atoms. The number of hydrogen-bond donors (Lipinski definition) is 7. The summed E-state index contributed by atoms with van der Waals surface area (Å²) in [4.78, 5) is 105. The zero-order valence-electron chi connectivity index (χ0n) is 82.1. The fourth-order valence-corrected chi connectivity index (χ4v) is 21.0. The number of esters is 1. The highest BCUT2D eigenvalue weighted by Gasteiger charge is 2.53. The number of methoxy groups -OCH3 is 1. The Labute approximate surface area is 852 Å². The van der Waals surface area contributed by atoms with E-state index in [9.17, 15) is 79.1 Å². The summed E-state index contributed by atoms with van der Waals surface area (Å²) in [7, 11) is 1.19. The van der Waals surface area contributed by atoms with E-state index in [1.165, 1.54) is 53.1 Å². The molecule has 148 heavy (non-hydrogen) atoms. The number of benzene rings is 7. The van der Waals surface area contributed by atoms with Crippen molar-refractivity contribution < 1.29 is 80.4 Å². The quantitative estimate of drug-likeness (QED) is 0.0145. The van der Waals surface area contributed by atoms with Crippen LogP contribution in [0.3, 0.4) is 0 Å². The molecule has 4 atom stereocenters. The van der Waals surface area contributed by atoms with E-state index >= 15 is 17.6 Å². The lowest BCUT2D eigenvalue weighted by Crippen LogP contribution is -2.61. The van der Waals surface area contributed by atoms with E-state index < -0.39 is 81.4 Å². The molecule has 4 saturated carbocycles. The van der Waals surface area contributed by atoms with Gasteiger partial charge < -0.3 is 43.0 Å². The van der Waals surface area contributed by atoms with E-state index in [2.05, 4.69) is 47.1 Å². The van der Waals surface area contributed by atoms with Crippen LogP contribution >= 0.6 is 0 Å². The molecular formula is C111H117F5N20O12. The summed E-state index contributed by atoms with van der Waals surface area (Å²) in [5.41, 5.74) is 24.6. The number of phenolic OH excluding ortho intramolecular Hbond substituents is 3. The number of halogens is 5.